The molecule has 2 N–H and O–H groups in total. The summed E-state index contributed by atoms with van der Waals surface area (Å²) in [5, 5.41) is 11.4. The first kappa shape index (κ1) is 22.7. The normalized spacial score (nSPS) is 23.7. The molecule has 4 nitrogen and oxygen atoms in total. The Hall–Kier alpha value is -1.98. The first-order valence-electron chi connectivity index (χ1n) is 10.8. The van der Waals surface area contributed by atoms with Crippen LogP contribution in [0.5, 0.6) is 11.5 Å². The van der Waals surface area contributed by atoms with Crippen LogP contribution >= 0.6 is 11.9 Å². The number of para-hydroxylation sites is 1. The van der Waals surface area contributed by atoms with E-state index in [2.05, 4.69) is 11.6 Å². The van der Waals surface area contributed by atoms with Crippen LogP contribution in [0.2, 0.25) is 0 Å². The summed E-state index contributed by atoms with van der Waals surface area (Å²) < 4.78 is 8.73. The molecule has 0 saturated heterocycles. The Morgan fingerprint density at radius 3 is 2.43 bits per heavy atom. The van der Waals surface area contributed by atoms with Crippen molar-refractivity contribution in [3.05, 3.63) is 60.2 Å². The molecule has 1 aliphatic rings. The number of hydrogen-bond acceptors (Lipinski definition) is 4. The van der Waals surface area contributed by atoms with Crippen molar-refractivity contribution >= 4 is 17.9 Å². The SMILES string of the molecule is CSNC(=O)CCCCC1(C)CCC(O)(c2cccc(Oc3ccccc3)c2)CC1. The number of unbranched alkanes of at least 4 members (excludes halogenated alkanes) is 1. The molecule has 2 aromatic rings. The summed E-state index contributed by atoms with van der Waals surface area (Å²) in [4.78, 5) is 11.6. The zero-order valence-electron chi connectivity index (χ0n) is 18.0. The molecule has 2 aromatic carbocycles. The smallest absolute Gasteiger partial charge is 0.229 e. The topological polar surface area (TPSA) is 58.6 Å². The number of rotatable bonds is 9. The van der Waals surface area contributed by atoms with Gasteiger partial charge in [0.25, 0.3) is 0 Å². The summed E-state index contributed by atoms with van der Waals surface area (Å²) in [5.74, 6) is 1.66. The number of hydrogen-bond donors (Lipinski definition) is 2. The van der Waals surface area contributed by atoms with Gasteiger partial charge in [0.1, 0.15) is 11.5 Å². The fourth-order valence-electron chi connectivity index (χ4n) is 4.28. The average Bonchev–Trinajstić information content (AvgIpc) is 2.75. The number of amides is 1. The fraction of sp³-hybridized carbons (Fsp3) is 0.480. The number of benzene rings is 2. The van der Waals surface area contributed by atoms with Crippen molar-refractivity contribution in [3.63, 3.8) is 0 Å². The van der Waals surface area contributed by atoms with Gasteiger partial charge in [-0.15, -0.1) is 0 Å². The number of carbonyl (C=O) groups excluding carboxylic acids is 1. The molecule has 0 bridgehead atoms. The zero-order chi connectivity index (χ0) is 21.5. The number of carbonyl (C=O) groups is 1. The molecule has 0 atom stereocenters. The third-order valence-electron chi connectivity index (χ3n) is 6.28. The minimum absolute atomic E-state index is 0.114. The molecular formula is C25H33NO3S. The van der Waals surface area contributed by atoms with Crippen LogP contribution in [0.15, 0.2) is 54.6 Å². The quantitative estimate of drug-likeness (QED) is 0.369. The highest BCUT2D eigenvalue weighted by Crippen LogP contribution is 2.48. The number of nitrogens with one attached hydrogen (secondary N) is 1. The second-order valence-electron chi connectivity index (χ2n) is 8.72. The number of aliphatic hydroxyl groups is 1. The van der Waals surface area contributed by atoms with Gasteiger partial charge >= 0.3 is 0 Å². The standard InChI is InChI=1S/C25H33NO3S/c1-24(14-7-6-13-23(27)26-30-2)15-17-25(28,18-16-24)20-9-8-12-22(19-20)29-21-10-4-3-5-11-21/h3-5,8-12,19,28H,6-7,13-18H2,1-2H3,(H,26,27). The molecule has 0 aromatic heterocycles. The Morgan fingerprint density at radius 1 is 1.03 bits per heavy atom. The molecule has 0 spiro atoms. The van der Waals surface area contributed by atoms with Gasteiger partial charge in [-0.3, -0.25) is 4.79 Å². The van der Waals surface area contributed by atoms with E-state index < -0.39 is 5.60 Å². The summed E-state index contributed by atoms with van der Waals surface area (Å²) in [6.07, 6.45) is 9.03. The van der Waals surface area contributed by atoms with E-state index in [0.717, 1.165) is 62.0 Å². The van der Waals surface area contributed by atoms with Gasteiger partial charge in [-0.2, -0.15) is 0 Å². The van der Waals surface area contributed by atoms with Crippen molar-refractivity contribution in [3.8, 4) is 11.5 Å². The van der Waals surface area contributed by atoms with E-state index in [1.165, 1.54) is 11.9 Å². The van der Waals surface area contributed by atoms with Gasteiger partial charge in [0.15, 0.2) is 0 Å². The van der Waals surface area contributed by atoms with E-state index >= 15 is 0 Å². The van der Waals surface area contributed by atoms with Crippen molar-refractivity contribution in [2.75, 3.05) is 6.26 Å². The van der Waals surface area contributed by atoms with Crippen molar-refractivity contribution < 1.29 is 14.6 Å². The van der Waals surface area contributed by atoms with Crippen molar-refractivity contribution in [1.82, 2.24) is 4.72 Å². The summed E-state index contributed by atoms with van der Waals surface area (Å²) >= 11 is 1.36. The first-order valence-corrected chi connectivity index (χ1v) is 12.0. The molecule has 1 fully saturated rings. The van der Waals surface area contributed by atoms with Gasteiger partial charge in [0.2, 0.25) is 5.91 Å². The zero-order valence-corrected chi connectivity index (χ0v) is 18.8. The Morgan fingerprint density at radius 2 is 1.73 bits per heavy atom. The maximum atomic E-state index is 11.6. The lowest BCUT2D eigenvalue weighted by Gasteiger charge is -2.42. The Labute approximate surface area is 184 Å². The van der Waals surface area contributed by atoms with Crippen LogP contribution in [0, 0.1) is 5.41 Å². The van der Waals surface area contributed by atoms with Crippen molar-refractivity contribution in [2.45, 2.75) is 63.9 Å². The Kier molecular flexibility index (Phi) is 7.84. The second-order valence-corrected chi connectivity index (χ2v) is 9.33. The summed E-state index contributed by atoms with van der Waals surface area (Å²) in [6, 6.07) is 17.6. The van der Waals surface area contributed by atoms with E-state index in [0.29, 0.717) is 6.42 Å². The molecule has 0 heterocycles. The summed E-state index contributed by atoms with van der Waals surface area (Å²) in [6.45, 7) is 2.32. The molecule has 1 saturated carbocycles. The highest BCUT2D eigenvalue weighted by molar-refractivity contribution is 7.97. The van der Waals surface area contributed by atoms with Crippen molar-refractivity contribution in [2.24, 2.45) is 5.41 Å². The summed E-state index contributed by atoms with van der Waals surface area (Å²) in [7, 11) is 0. The van der Waals surface area contributed by atoms with E-state index in [9.17, 15) is 9.90 Å². The lowest BCUT2D eigenvalue weighted by Crippen LogP contribution is -2.35. The van der Waals surface area contributed by atoms with Crippen LogP contribution in [-0.4, -0.2) is 17.3 Å². The molecule has 0 radical (unpaired) electrons. The summed E-state index contributed by atoms with van der Waals surface area (Å²) in [5.41, 5.74) is 0.375. The van der Waals surface area contributed by atoms with E-state index in [4.69, 9.17) is 4.74 Å². The molecule has 0 aliphatic heterocycles. The average molecular weight is 428 g/mol. The van der Waals surface area contributed by atoms with E-state index in [-0.39, 0.29) is 11.3 Å². The second kappa shape index (κ2) is 10.4. The van der Waals surface area contributed by atoms with Gasteiger partial charge < -0.3 is 14.6 Å². The largest absolute Gasteiger partial charge is 0.457 e. The lowest BCUT2D eigenvalue weighted by molar-refractivity contribution is -0.119. The third kappa shape index (κ3) is 6.26. The minimum atomic E-state index is -0.798. The van der Waals surface area contributed by atoms with Gasteiger partial charge in [-0.1, -0.05) is 55.6 Å². The maximum Gasteiger partial charge on any atom is 0.229 e. The molecule has 162 valence electrons. The predicted molar refractivity (Wildman–Crippen MR) is 124 cm³/mol. The van der Waals surface area contributed by atoms with Crippen LogP contribution < -0.4 is 9.46 Å². The van der Waals surface area contributed by atoms with Gasteiger partial charge in [0.05, 0.1) is 5.60 Å². The lowest BCUT2D eigenvalue weighted by atomic mass is 9.66. The maximum absolute atomic E-state index is 11.6. The van der Waals surface area contributed by atoms with Gasteiger partial charge in [0, 0.05) is 12.7 Å². The molecule has 3 rings (SSSR count). The Bertz CT molecular complexity index is 816. The molecule has 1 aliphatic carbocycles. The number of ether oxygens (including phenoxy) is 1. The van der Waals surface area contributed by atoms with Crippen LogP contribution in [0.25, 0.3) is 0 Å². The van der Waals surface area contributed by atoms with Crippen LogP contribution in [0.3, 0.4) is 0 Å². The third-order valence-corrected chi connectivity index (χ3v) is 6.72. The highest BCUT2D eigenvalue weighted by atomic mass is 32.2. The molecule has 0 unspecified atom stereocenters. The Balaban J connectivity index is 1.54. The van der Waals surface area contributed by atoms with Crippen LogP contribution in [0.4, 0.5) is 0 Å². The molecule has 1 amide bonds. The van der Waals surface area contributed by atoms with Crippen LogP contribution in [0.1, 0.15) is 63.9 Å². The first-order chi connectivity index (χ1) is 14.4. The minimum Gasteiger partial charge on any atom is -0.457 e. The fourth-order valence-corrected chi connectivity index (χ4v) is 4.61. The highest BCUT2D eigenvalue weighted by Gasteiger charge is 2.39. The molecule has 30 heavy (non-hydrogen) atoms. The van der Waals surface area contributed by atoms with Crippen molar-refractivity contribution in [1.29, 1.82) is 0 Å². The predicted octanol–water partition coefficient (Wildman–Crippen LogP) is 6.20. The molecular weight excluding hydrogens is 394 g/mol. The van der Waals surface area contributed by atoms with E-state index in [1.807, 2.05) is 60.9 Å². The van der Waals surface area contributed by atoms with Crippen LogP contribution in [-0.2, 0) is 10.4 Å². The van der Waals surface area contributed by atoms with Gasteiger partial charge in [-0.25, -0.2) is 0 Å². The monoisotopic (exact) mass is 427 g/mol. The molecule has 5 heteroatoms. The van der Waals surface area contributed by atoms with E-state index in [1.54, 1.807) is 0 Å². The van der Waals surface area contributed by atoms with Gasteiger partial charge in [-0.05, 0) is 73.8 Å².